The lowest BCUT2D eigenvalue weighted by molar-refractivity contribution is 0.583. The highest BCUT2D eigenvalue weighted by Crippen LogP contribution is 2.16. The second kappa shape index (κ2) is 8.38. The van der Waals surface area contributed by atoms with E-state index < -0.39 is 10.0 Å². The molecule has 148 valence electrons. The van der Waals surface area contributed by atoms with E-state index in [9.17, 15) is 8.42 Å². The van der Waals surface area contributed by atoms with E-state index >= 15 is 0 Å². The highest BCUT2D eigenvalue weighted by Gasteiger charge is 2.13. The van der Waals surface area contributed by atoms with Gasteiger partial charge in [-0.1, -0.05) is 15.9 Å². The lowest BCUT2D eigenvalue weighted by Gasteiger charge is -2.09. The van der Waals surface area contributed by atoms with Gasteiger partial charge in [0.1, 0.15) is 5.82 Å². The summed E-state index contributed by atoms with van der Waals surface area (Å²) in [6.07, 6.45) is 0. The molecule has 0 aliphatic heterocycles. The Morgan fingerprint density at radius 3 is 2.29 bits per heavy atom. The predicted molar refractivity (Wildman–Crippen MR) is 111 cm³/mol. The van der Waals surface area contributed by atoms with Crippen LogP contribution in [0.15, 0.2) is 45.8 Å². The molecular formula is C18H21BrN6O2S. The van der Waals surface area contributed by atoms with Crippen molar-refractivity contribution in [2.75, 3.05) is 18.4 Å². The number of benzene rings is 1. The number of nitrogens with zero attached hydrogens (tertiary/aromatic N) is 4. The van der Waals surface area contributed by atoms with Gasteiger partial charge < -0.3 is 5.32 Å². The molecule has 0 spiro atoms. The van der Waals surface area contributed by atoms with Crippen LogP contribution in [0.1, 0.15) is 17.0 Å². The second-order valence-electron chi connectivity index (χ2n) is 6.26. The lowest BCUT2D eigenvalue weighted by atomic mass is 10.2. The minimum absolute atomic E-state index is 0.221. The summed E-state index contributed by atoms with van der Waals surface area (Å²) >= 11 is 3.29. The van der Waals surface area contributed by atoms with Gasteiger partial charge in [-0.3, -0.25) is 0 Å². The molecule has 2 N–H and O–H groups in total. The molecule has 3 aromatic rings. The van der Waals surface area contributed by atoms with Crippen molar-refractivity contribution >= 4 is 31.8 Å². The summed E-state index contributed by atoms with van der Waals surface area (Å²) in [4.78, 5) is 0.222. The number of aromatic nitrogens is 4. The zero-order valence-electron chi connectivity index (χ0n) is 15.8. The van der Waals surface area contributed by atoms with Crippen LogP contribution in [-0.4, -0.2) is 41.5 Å². The van der Waals surface area contributed by atoms with Crippen LogP contribution in [0.4, 0.5) is 5.82 Å². The first-order valence-electron chi connectivity index (χ1n) is 8.64. The van der Waals surface area contributed by atoms with E-state index in [4.69, 9.17) is 0 Å². The third kappa shape index (κ3) is 4.57. The maximum absolute atomic E-state index is 12.2. The van der Waals surface area contributed by atoms with Crippen LogP contribution in [0, 0.1) is 20.8 Å². The summed E-state index contributed by atoms with van der Waals surface area (Å²) < 4.78 is 29.6. The van der Waals surface area contributed by atoms with Crippen LogP contribution in [0.5, 0.6) is 0 Å². The highest BCUT2D eigenvalue weighted by atomic mass is 79.9. The average molecular weight is 465 g/mol. The summed E-state index contributed by atoms with van der Waals surface area (Å²) in [5.74, 6) is 1.19. The molecular weight excluding hydrogens is 444 g/mol. The van der Waals surface area contributed by atoms with E-state index in [-0.39, 0.29) is 11.4 Å². The Kier molecular flexibility index (Phi) is 6.11. The van der Waals surface area contributed by atoms with Crippen LogP contribution < -0.4 is 10.0 Å². The third-order valence-electron chi connectivity index (χ3n) is 4.37. The fourth-order valence-electron chi connectivity index (χ4n) is 2.55. The molecule has 0 aliphatic rings. The van der Waals surface area contributed by atoms with Crippen LogP contribution >= 0.6 is 15.9 Å². The van der Waals surface area contributed by atoms with Gasteiger partial charge in [-0.25, -0.2) is 17.8 Å². The number of aryl methyl sites for hydroxylation is 1. The second-order valence-corrected chi connectivity index (χ2v) is 8.95. The Balaban J connectivity index is 1.55. The fourth-order valence-corrected chi connectivity index (χ4v) is 3.85. The summed E-state index contributed by atoms with van der Waals surface area (Å²) in [5.41, 5.74) is 3.11. The number of hydrogen-bond donors (Lipinski definition) is 2. The average Bonchev–Trinajstić information content (AvgIpc) is 2.93. The quantitative estimate of drug-likeness (QED) is 0.521. The Bertz CT molecular complexity index is 1060. The molecule has 2 heterocycles. The van der Waals surface area contributed by atoms with Gasteiger partial charge in [0.05, 0.1) is 10.6 Å². The van der Waals surface area contributed by atoms with Gasteiger partial charge in [-0.2, -0.15) is 5.10 Å². The summed E-state index contributed by atoms with van der Waals surface area (Å²) in [7, 11) is -3.54. The van der Waals surface area contributed by atoms with Gasteiger partial charge in [0, 0.05) is 23.3 Å². The van der Waals surface area contributed by atoms with E-state index in [2.05, 4.69) is 41.3 Å². The molecule has 0 saturated heterocycles. The number of hydrogen-bond acceptors (Lipinski definition) is 6. The van der Waals surface area contributed by atoms with Crippen molar-refractivity contribution in [2.45, 2.75) is 25.7 Å². The molecule has 0 unspecified atom stereocenters. The summed E-state index contributed by atoms with van der Waals surface area (Å²) in [6, 6.07) is 10.1. The largest absolute Gasteiger partial charge is 0.367 e. The zero-order chi connectivity index (χ0) is 20.3. The van der Waals surface area contributed by atoms with Gasteiger partial charge in [-0.15, -0.1) is 10.2 Å². The molecule has 0 atom stereocenters. The molecule has 10 heteroatoms. The molecule has 0 saturated carbocycles. The molecule has 0 fully saturated rings. The standard InChI is InChI=1S/C18H21BrN6O2S/c1-12-13(2)24-25(14(12)3)18-9-8-17(22-23-18)20-10-11-21-28(26,27)16-6-4-15(19)5-7-16/h4-9,21H,10-11H2,1-3H3,(H,20,22). The number of rotatable bonds is 7. The zero-order valence-corrected chi connectivity index (χ0v) is 18.2. The molecule has 8 nitrogen and oxygen atoms in total. The van der Waals surface area contributed by atoms with E-state index in [0.29, 0.717) is 18.2 Å². The smallest absolute Gasteiger partial charge is 0.240 e. The predicted octanol–water partition coefficient (Wildman–Crippen LogP) is 2.74. The van der Waals surface area contributed by atoms with E-state index in [1.54, 1.807) is 35.0 Å². The molecule has 0 bridgehead atoms. The van der Waals surface area contributed by atoms with Crippen molar-refractivity contribution in [1.82, 2.24) is 24.7 Å². The molecule has 28 heavy (non-hydrogen) atoms. The molecule has 3 rings (SSSR count). The fraction of sp³-hybridized carbons (Fsp3) is 0.278. The number of nitrogens with one attached hydrogen (secondary N) is 2. The normalized spacial score (nSPS) is 11.6. The van der Waals surface area contributed by atoms with Crippen LogP contribution in [-0.2, 0) is 10.0 Å². The monoisotopic (exact) mass is 464 g/mol. The Morgan fingerprint density at radius 1 is 1.00 bits per heavy atom. The Morgan fingerprint density at radius 2 is 1.71 bits per heavy atom. The Hall–Kier alpha value is -2.30. The first-order valence-corrected chi connectivity index (χ1v) is 10.9. The number of anilines is 1. The van der Waals surface area contributed by atoms with Crippen LogP contribution in [0.25, 0.3) is 5.82 Å². The van der Waals surface area contributed by atoms with E-state index in [1.807, 2.05) is 26.8 Å². The molecule has 2 aromatic heterocycles. The maximum atomic E-state index is 12.2. The Labute approximate surface area is 172 Å². The lowest BCUT2D eigenvalue weighted by Crippen LogP contribution is -2.29. The highest BCUT2D eigenvalue weighted by molar-refractivity contribution is 9.10. The molecule has 1 aromatic carbocycles. The molecule has 0 aliphatic carbocycles. The van der Waals surface area contributed by atoms with Gasteiger partial charge in [0.15, 0.2) is 5.82 Å². The first kappa shape index (κ1) is 20.4. The van der Waals surface area contributed by atoms with Gasteiger partial charge >= 0.3 is 0 Å². The van der Waals surface area contributed by atoms with Crippen molar-refractivity contribution in [3.05, 3.63) is 57.8 Å². The van der Waals surface area contributed by atoms with Gasteiger partial charge in [0.2, 0.25) is 10.0 Å². The van der Waals surface area contributed by atoms with Crippen molar-refractivity contribution in [3.63, 3.8) is 0 Å². The maximum Gasteiger partial charge on any atom is 0.240 e. The minimum atomic E-state index is -3.54. The van der Waals surface area contributed by atoms with Crippen molar-refractivity contribution in [2.24, 2.45) is 0 Å². The summed E-state index contributed by atoms with van der Waals surface area (Å²) in [5, 5.41) is 15.8. The van der Waals surface area contributed by atoms with Crippen LogP contribution in [0.2, 0.25) is 0 Å². The van der Waals surface area contributed by atoms with E-state index in [1.165, 1.54) is 0 Å². The molecule has 0 amide bonds. The summed E-state index contributed by atoms with van der Waals surface area (Å²) in [6.45, 7) is 6.56. The van der Waals surface area contributed by atoms with E-state index in [0.717, 1.165) is 21.4 Å². The first-order chi connectivity index (χ1) is 13.3. The van der Waals surface area contributed by atoms with Gasteiger partial charge in [0.25, 0.3) is 0 Å². The number of sulfonamides is 1. The van der Waals surface area contributed by atoms with Crippen molar-refractivity contribution < 1.29 is 8.42 Å². The SMILES string of the molecule is Cc1nn(-c2ccc(NCCNS(=O)(=O)c3ccc(Br)cc3)nn2)c(C)c1C. The third-order valence-corrected chi connectivity index (χ3v) is 6.37. The van der Waals surface area contributed by atoms with Crippen molar-refractivity contribution in [1.29, 1.82) is 0 Å². The topological polar surface area (TPSA) is 102 Å². The minimum Gasteiger partial charge on any atom is -0.367 e. The van der Waals surface area contributed by atoms with Gasteiger partial charge in [-0.05, 0) is 62.7 Å². The molecule has 0 radical (unpaired) electrons. The number of halogens is 1. The van der Waals surface area contributed by atoms with Crippen LogP contribution in [0.3, 0.4) is 0 Å². The van der Waals surface area contributed by atoms with Crippen molar-refractivity contribution in [3.8, 4) is 5.82 Å².